The van der Waals surface area contributed by atoms with E-state index >= 15 is 0 Å². The molecule has 0 aromatic heterocycles. The highest BCUT2D eigenvalue weighted by atomic mass is 32.2. The minimum Gasteiger partial charge on any atom is -0.492 e. The van der Waals surface area contributed by atoms with E-state index in [1.807, 2.05) is 13.8 Å². The largest absolute Gasteiger partial charge is 0.492 e. The van der Waals surface area contributed by atoms with Crippen LogP contribution in [0.4, 0.5) is 9.18 Å². The van der Waals surface area contributed by atoms with E-state index in [-0.39, 0.29) is 35.8 Å². The number of amides is 3. The molecule has 8 nitrogen and oxygen atoms in total. The zero-order chi connectivity index (χ0) is 24.5. The summed E-state index contributed by atoms with van der Waals surface area (Å²) in [5, 5.41) is 2.81. The molecular weight excluding hydrogens is 461 g/mol. The maximum atomic E-state index is 13.1. The van der Waals surface area contributed by atoms with Crippen LogP contribution in [-0.4, -0.2) is 50.0 Å². The maximum absolute atomic E-state index is 13.1. The molecule has 0 bridgehead atoms. The van der Waals surface area contributed by atoms with Crippen LogP contribution >= 0.6 is 0 Å². The molecule has 10 heteroatoms. The van der Waals surface area contributed by atoms with Gasteiger partial charge in [-0.1, -0.05) is 6.07 Å². The minimum absolute atomic E-state index is 0.0621. The molecule has 1 heterocycles. The standard InChI is InChI=1S/C24H28FN3O5S/c1-16-3-8-21(15-17(16)2)34(31,32)27-19-9-11-24(12-10-19)22(29)28(23(30)26-24)13-14-33-20-6-4-18(25)5-7-20/h3-8,15,19,27H,9-14H2,1-2H3,(H,26,30). The van der Waals surface area contributed by atoms with E-state index in [4.69, 9.17) is 4.74 Å². The second kappa shape index (κ2) is 9.34. The first-order valence-electron chi connectivity index (χ1n) is 11.2. The van der Waals surface area contributed by atoms with Crippen LogP contribution in [0.1, 0.15) is 36.8 Å². The van der Waals surface area contributed by atoms with Crippen LogP contribution in [-0.2, 0) is 14.8 Å². The molecule has 2 aromatic rings. The lowest BCUT2D eigenvalue weighted by Crippen LogP contribution is -2.52. The molecule has 2 N–H and O–H groups in total. The Labute approximate surface area is 198 Å². The van der Waals surface area contributed by atoms with Crippen LogP contribution in [0.15, 0.2) is 47.4 Å². The van der Waals surface area contributed by atoms with Gasteiger partial charge in [0.25, 0.3) is 5.91 Å². The van der Waals surface area contributed by atoms with Crippen molar-refractivity contribution in [2.75, 3.05) is 13.2 Å². The van der Waals surface area contributed by atoms with Crippen molar-refractivity contribution >= 4 is 22.0 Å². The first kappa shape index (κ1) is 24.2. The monoisotopic (exact) mass is 489 g/mol. The topological polar surface area (TPSA) is 105 Å². The average Bonchev–Trinajstić information content (AvgIpc) is 3.02. The molecule has 1 saturated carbocycles. The van der Waals surface area contributed by atoms with Gasteiger partial charge < -0.3 is 10.1 Å². The van der Waals surface area contributed by atoms with Gasteiger partial charge >= 0.3 is 6.03 Å². The maximum Gasteiger partial charge on any atom is 0.325 e. The second-order valence-electron chi connectivity index (χ2n) is 8.91. The molecule has 4 rings (SSSR count). The molecule has 0 radical (unpaired) electrons. The van der Waals surface area contributed by atoms with Gasteiger partial charge in [0.15, 0.2) is 0 Å². The number of imide groups is 1. The number of urea groups is 1. The number of hydrogen-bond acceptors (Lipinski definition) is 5. The first-order valence-corrected chi connectivity index (χ1v) is 12.7. The number of aryl methyl sites for hydroxylation is 2. The Hall–Kier alpha value is -2.98. The van der Waals surface area contributed by atoms with Crippen molar-refractivity contribution in [3.05, 3.63) is 59.4 Å². The Morgan fingerprint density at radius 3 is 2.41 bits per heavy atom. The molecule has 2 aliphatic rings. The number of nitrogens with one attached hydrogen (secondary N) is 2. The van der Waals surface area contributed by atoms with E-state index in [1.54, 1.807) is 18.2 Å². The molecule has 3 amide bonds. The van der Waals surface area contributed by atoms with Gasteiger partial charge in [-0.05, 0) is 87.1 Å². The van der Waals surface area contributed by atoms with Gasteiger partial charge in [-0.3, -0.25) is 9.69 Å². The van der Waals surface area contributed by atoms with Gasteiger partial charge in [0.2, 0.25) is 10.0 Å². The zero-order valence-electron chi connectivity index (χ0n) is 19.1. The quantitative estimate of drug-likeness (QED) is 0.582. The Morgan fingerprint density at radius 2 is 1.76 bits per heavy atom. The Bertz CT molecular complexity index is 1190. The summed E-state index contributed by atoms with van der Waals surface area (Å²) < 4.78 is 46.9. The SMILES string of the molecule is Cc1ccc(S(=O)(=O)NC2CCC3(CC2)NC(=O)N(CCOc2ccc(F)cc2)C3=O)cc1C. The van der Waals surface area contributed by atoms with Crippen LogP contribution in [0.5, 0.6) is 5.75 Å². The summed E-state index contributed by atoms with van der Waals surface area (Å²) in [6, 6.07) is 9.69. The highest BCUT2D eigenvalue weighted by Crippen LogP contribution is 2.34. The van der Waals surface area contributed by atoms with Gasteiger partial charge in [0.05, 0.1) is 11.4 Å². The lowest BCUT2D eigenvalue weighted by atomic mass is 9.79. The molecule has 0 atom stereocenters. The fourth-order valence-electron chi connectivity index (χ4n) is 4.40. The van der Waals surface area contributed by atoms with E-state index < -0.39 is 21.6 Å². The summed E-state index contributed by atoms with van der Waals surface area (Å²) in [6.07, 6.45) is 1.53. The number of hydrogen-bond donors (Lipinski definition) is 2. The number of nitrogens with zero attached hydrogens (tertiary/aromatic N) is 1. The highest BCUT2D eigenvalue weighted by molar-refractivity contribution is 7.89. The molecule has 1 saturated heterocycles. The summed E-state index contributed by atoms with van der Waals surface area (Å²) >= 11 is 0. The molecule has 0 unspecified atom stereocenters. The molecule has 182 valence electrons. The molecule has 2 aromatic carbocycles. The van der Waals surface area contributed by atoms with Crippen molar-refractivity contribution in [2.45, 2.75) is 56.0 Å². The van der Waals surface area contributed by atoms with E-state index in [0.29, 0.717) is 31.4 Å². The van der Waals surface area contributed by atoms with Crippen molar-refractivity contribution in [1.29, 1.82) is 0 Å². The van der Waals surface area contributed by atoms with Gasteiger partial charge in [0, 0.05) is 6.04 Å². The third kappa shape index (κ3) is 4.92. The highest BCUT2D eigenvalue weighted by Gasteiger charge is 2.52. The number of benzene rings is 2. The van der Waals surface area contributed by atoms with E-state index in [2.05, 4.69) is 10.0 Å². The van der Waals surface area contributed by atoms with E-state index in [1.165, 1.54) is 24.3 Å². The number of rotatable bonds is 7. The molecule has 2 fully saturated rings. The fourth-order valence-corrected chi connectivity index (χ4v) is 5.79. The third-order valence-electron chi connectivity index (χ3n) is 6.59. The number of carbonyl (C=O) groups excluding carboxylic acids is 2. The van der Waals surface area contributed by atoms with Crippen molar-refractivity contribution in [2.24, 2.45) is 0 Å². The van der Waals surface area contributed by atoms with Crippen molar-refractivity contribution in [3.8, 4) is 5.75 Å². The Balaban J connectivity index is 1.33. The van der Waals surface area contributed by atoms with Gasteiger partial charge in [-0.15, -0.1) is 0 Å². The molecule has 34 heavy (non-hydrogen) atoms. The van der Waals surface area contributed by atoms with Crippen LogP contribution in [0.2, 0.25) is 0 Å². The van der Waals surface area contributed by atoms with Gasteiger partial charge in [0.1, 0.15) is 23.7 Å². The minimum atomic E-state index is -3.68. The third-order valence-corrected chi connectivity index (χ3v) is 8.11. The molecule has 1 spiro atoms. The predicted octanol–water partition coefficient (Wildman–Crippen LogP) is 3.03. The summed E-state index contributed by atoms with van der Waals surface area (Å²) in [4.78, 5) is 26.9. The van der Waals surface area contributed by atoms with E-state index in [9.17, 15) is 22.4 Å². The van der Waals surface area contributed by atoms with Crippen LogP contribution < -0.4 is 14.8 Å². The summed E-state index contributed by atoms with van der Waals surface area (Å²) in [6.45, 7) is 3.93. The van der Waals surface area contributed by atoms with Crippen molar-refractivity contribution < 1.29 is 27.1 Å². The van der Waals surface area contributed by atoms with Crippen LogP contribution in [0.3, 0.4) is 0 Å². The van der Waals surface area contributed by atoms with E-state index in [0.717, 1.165) is 16.0 Å². The summed E-state index contributed by atoms with van der Waals surface area (Å²) in [5.74, 6) is -0.259. The lowest BCUT2D eigenvalue weighted by molar-refractivity contribution is -0.132. The Morgan fingerprint density at radius 1 is 1.09 bits per heavy atom. The predicted molar refractivity (Wildman–Crippen MR) is 123 cm³/mol. The lowest BCUT2D eigenvalue weighted by Gasteiger charge is -2.35. The number of ether oxygens (including phenoxy) is 1. The number of sulfonamides is 1. The number of halogens is 1. The molecule has 1 aliphatic carbocycles. The molecule has 1 aliphatic heterocycles. The zero-order valence-corrected chi connectivity index (χ0v) is 20.0. The second-order valence-corrected chi connectivity index (χ2v) is 10.6. The van der Waals surface area contributed by atoms with Gasteiger partial charge in [-0.2, -0.15) is 0 Å². The van der Waals surface area contributed by atoms with Gasteiger partial charge in [-0.25, -0.2) is 22.3 Å². The van der Waals surface area contributed by atoms with Crippen LogP contribution in [0.25, 0.3) is 0 Å². The Kier molecular flexibility index (Phi) is 6.64. The fraction of sp³-hybridized carbons (Fsp3) is 0.417. The van der Waals surface area contributed by atoms with Crippen molar-refractivity contribution in [1.82, 2.24) is 14.9 Å². The number of carbonyl (C=O) groups is 2. The summed E-state index contributed by atoms with van der Waals surface area (Å²) in [5.41, 5.74) is 0.893. The first-order chi connectivity index (χ1) is 16.1. The normalized spacial score (nSPS) is 22.8. The average molecular weight is 490 g/mol. The molecular formula is C24H28FN3O5S. The van der Waals surface area contributed by atoms with Crippen molar-refractivity contribution in [3.63, 3.8) is 0 Å². The smallest absolute Gasteiger partial charge is 0.325 e. The van der Waals surface area contributed by atoms with Crippen LogP contribution in [0, 0.1) is 19.7 Å². The summed E-state index contributed by atoms with van der Waals surface area (Å²) in [7, 11) is -3.68.